The first-order valence-electron chi connectivity index (χ1n) is 6.70. The van der Waals surface area contributed by atoms with Crippen LogP contribution in [0.5, 0.6) is 0 Å². The van der Waals surface area contributed by atoms with E-state index in [0.717, 1.165) is 18.7 Å². The molecule has 0 bridgehead atoms. The predicted octanol–water partition coefficient (Wildman–Crippen LogP) is 2.37. The number of rotatable bonds is 5. The van der Waals surface area contributed by atoms with Crippen LogP contribution in [0.3, 0.4) is 0 Å². The summed E-state index contributed by atoms with van der Waals surface area (Å²) in [5, 5.41) is 17.2. The van der Waals surface area contributed by atoms with Gasteiger partial charge >= 0.3 is 0 Å². The lowest BCUT2D eigenvalue weighted by atomic mass is 10.1. The van der Waals surface area contributed by atoms with E-state index in [1.165, 1.54) is 5.56 Å². The second-order valence-electron chi connectivity index (χ2n) is 6.10. The molecular formula is C14H27N3O. The highest BCUT2D eigenvalue weighted by atomic mass is 16.3. The molecule has 4 heteroatoms. The molecule has 0 aromatic carbocycles. The maximum atomic E-state index is 9.24. The summed E-state index contributed by atoms with van der Waals surface area (Å²) in [6.45, 7) is 13.3. The Kier molecular flexibility index (Phi) is 4.93. The number of aryl methyl sites for hydroxylation is 1. The van der Waals surface area contributed by atoms with Gasteiger partial charge in [-0.25, -0.2) is 0 Å². The third kappa shape index (κ3) is 4.10. The van der Waals surface area contributed by atoms with Crippen LogP contribution in [0.2, 0.25) is 0 Å². The minimum Gasteiger partial charge on any atom is -0.393 e. The molecule has 2 N–H and O–H groups in total. The fourth-order valence-electron chi connectivity index (χ4n) is 1.86. The Labute approximate surface area is 110 Å². The fourth-order valence-corrected chi connectivity index (χ4v) is 1.86. The topological polar surface area (TPSA) is 50.1 Å². The van der Waals surface area contributed by atoms with Crippen LogP contribution in [0.1, 0.15) is 58.3 Å². The van der Waals surface area contributed by atoms with Gasteiger partial charge in [-0.2, -0.15) is 5.10 Å². The lowest BCUT2D eigenvalue weighted by Crippen LogP contribution is -2.23. The third-order valence-corrected chi connectivity index (χ3v) is 3.10. The van der Waals surface area contributed by atoms with Crippen LogP contribution in [-0.2, 0) is 5.54 Å². The highest BCUT2D eigenvalue weighted by Gasteiger charge is 2.18. The van der Waals surface area contributed by atoms with Crippen molar-refractivity contribution in [3.8, 4) is 0 Å². The van der Waals surface area contributed by atoms with E-state index >= 15 is 0 Å². The number of aromatic nitrogens is 2. The number of hydrogen-bond donors (Lipinski definition) is 2. The summed E-state index contributed by atoms with van der Waals surface area (Å²) in [7, 11) is 0. The second kappa shape index (κ2) is 5.85. The summed E-state index contributed by atoms with van der Waals surface area (Å²) in [5.41, 5.74) is 2.32. The van der Waals surface area contributed by atoms with Crippen LogP contribution in [0, 0.1) is 6.92 Å². The van der Waals surface area contributed by atoms with E-state index < -0.39 is 0 Å². The molecule has 0 radical (unpaired) electrons. The van der Waals surface area contributed by atoms with Crippen molar-refractivity contribution in [3.63, 3.8) is 0 Å². The van der Waals surface area contributed by atoms with Gasteiger partial charge < -0.3 is 10.4 Å². The van der Waals surface area contributed by atoms with Gasteiger partial charge in [0.2, 0.25) is 0 Å². The van der Waals surface area contributed by atoms with Crippen LogP contribution in [0.25, 0.3) is 0 Å². The zero-order chi connectivity index (χ0) is 13.9. The molecule has 0 aliphatic heterocycles. The summed E-state index contributed by atoms with van der Waals surface area (Å²) in [6.07, 6.45) is 2.65. The fraction of sp³-hybridized carbons (Fsp3) is 0.786. The average Bonchev–Trinajstić information content (AvgIpc) is 2.59. The molecule has 1 aromatic rings. The summed E-state index contributed by atoms with van der Waals surface area (Å²) < 4.78 is 2.02. The first-order valence-corrected chi connectivity index (χ1v) is 6.70. The van der Waals surface area contributed by atoms with Crippen LogP contribution in [-0.4, -0.2) is 27.5 Å². The lowest BCUT2D eigenvalue weighted by molar-refractivity contribution is 0.182. The van der Waals surface area contributed by atoms with Gasteiger partial charge in [0, 0.05) is 17.8 Å². The van der Waals surface area contributed by atoms with Crippen molar-refractivity contribution in [2.75, 3.05) is 6.54 Å². The summed E-state index contributed by atoms with van der Waals surface area (Å²) in [6, 6.07) is 0.264. The first kappa shape index (κ1) is 15.2. The normalized spacial score (nSPS) is 15.7. The molecule has 0 amide bonds. The van der Waals surface area contributed by atoms with E-state index in [-0.39, 0.29) is 17.7 Å². The quantitative estimate of drug-likeness (QED) is 0.847. The minimum atomic E-state index is -0.247. The van der Waals surface area contributed by atoms with Crippen LogP contribution < -0.4 is 5.32 Å². The van der Waals surface area contributed by atoms with Gasteiger partial charge in [-0.3, -0.25) is 4.68 Å². The number of hydrogen-bond acceptors (Lipinski definition) is 3. The standard InChI is InChI=1S/C14H27N3O/c1-10(18)7-8-15-11(2)13-9-17(14(4,5)6)16-12(13)3/h9-11,15,18H,7-8H2,1-6H3. The molecule has 2 atom stereocenters. The summed E-state index contributed by atoms with van der Waals surface area (Å²) in [5.74, 6) is 0. The molecule has 0 aliphatic rings. The molecule has 4 nitrogen and oxygen atoms in total. The maximum Gasteiger partial charge on any atom is 0.0641 e. The maximum absolute atomic E-state index is 9.24. The Morgan fingerprint density at radius 1 is 1.39 bits per heavy atom. The van der Waals surface area contributed by atoms with Crippen molar-refractivity contribution in [1.29, 1.82) is 0 Å². The third-order valence-electron chi connectivity index (χ3n) is 3.10. The number of aliphatic hydroxyl groups excluding tert-OH is 1. The van der Waals surface area contributed by atoms with E-state index in [0.29, 0.717) is 0 Å². The molecule has 0 spiro atoms. The SMILES string of the molecule is Cc1nn(C(C)(C)C)cc1C(C)NCCC(C)O. The predicted molar refractivity (Wildman–Crippen MR) is 74.7 cm³/mol. The highest BCUT2D eigenvalue weighted by Crippen LogP contribution is 2.20. The monoisotopic (exact) mass is 253 g/mol. The van der Waals surface area contributed by atoms with Crippen molar-refractivity contribution < 1.29 is 5.11 Å². The molecule has 0 saturated heterocycles. The van der Waals surface area contributed by atoms with Crippen molar-refractivity contribution >= 4 is 0 Å². The molecule has 1 heterocycles. The Bertz CT molecular complexity index is 377. The highest BCUT2D eigenvalue weighted by molar-refractivity contribution is 5.20. The Hall–Kier alpha value is -0.870. The van der Waals surface area contributed by atoms with Gasteiger partial charge in [0.25, 0.3) is 0 Å². The smallest absolute Gasteiger partial charge is 0.0641 e. The Balaban J connectivity index is 2.68. The Morgan fingerprint density at radius 3 is 2.44 bits per heavy atom. The zero-order valence-electron chi connectivity index (χ0n) is 12.5. The molecule has 2 unspecified atom stereocenters. The molecule has 104 valence electrons. The second-order valence-corrected chi connectivity index (χ2v) is 6.10. The summed E-state index contributed by atoms with van der Waals surface area (Å²) in [4.78, 5) is 0. The van der Waals surface area contributed by atoms with Crippen molar-refractivity contribution in [1.82, 2.24) is 15.1 Å². The van der Waals surface area contributed by atoms with E-state index in [9.17, 15) is 5.11 Å². The zero-order valence-corrected chi connectivity index (χ0v) is 12.5. The van der Waals surface area contributed by atoms with Crippen molar-refractivity contribution in [2.24, 2.45) is 0 Å². The average molecular weight is 253 g/mol. The lowest BCUT2D eigenvalue weighted by Gasteiger charge is -2.19. The number of nitrogens with one attached hydrogen (secondary N) is 1. The molecule has 1 rings (SSSR count). The van der Waals surface area contributed by atoms with Gasteiger partial charge in [-0.1, -0.05) is 0 Å². The van der Waals surface area contributed by atoms with Crippen molar-refractivity contribution in [2.45, 2.75) is 65.6 Å². The van der Waals surface area contributed by atoms with Crippen LogP contribution >= 0.6 is 0 Å². The minimum absolute atomic E-state index is 0.0162. The van der Waals surface area contributed by atoms with Crippen molar-refractivity contribution in [3.05, 3.63) is 17.5 Å². The largest absolute Gasteiger partial charge is 0.393 e. The molecule has 0 fully saturated rings. The number of nitrogens with zero attached hydrogens (tertiary/aromatic N) is 2. The van der Waals surface area contributed by atoms with E-state index in [2.05, 4.69) is 44.3 Å². The van der Waals surface area contributed by atoms with Gasteiger partial charge in [-0.15, -0.1) is 0 Å². The van der Waals surface area contributed by atoms with E-state index in [1.807, 2.05) is 18.5 Å². The van der Waals surface area contributed by atoms with Gasteiger partial charge in [0.05, 0.1) is 17.3 Å². The van der Waals surface area contributed by atoms with E-state index in [1.54, 1.807) is 0 Å². The number of aliphatic hydroxyl groups is 1. The summed E-state index contributed by atoms with van der Waals surface area (Å²) >= 11 is 0. The van der Waals surface area contributed by atoms with E-state index in [4.69, 9.17) is 0 Å². The molecular weight excluding hydrogens is 226 g/mol. The van der Waals surface area contributed by atoms with Crippen LogP contribution in [0.15, 0.2) is 6.20 Å². The van der Waals surface area contributed by atoms with Gasteiger partial charge in [0.15, 0.2) is 0 Å². The van der Waals surface area contributed by atoms with Crippen LogP contribution in [0.4, 0.5) is 0 Å². The molecule has 1 aromatic heterocycles. The molecule has 18 heavy (non-hydrogen) atoms. The molecule has 0 saturated carbocycles. The van der Waals surface area contributed by atoms with Gasteiger partial charge in [-0.05, 0) is 54.5 Å². The first-order chi connectivity index (χ1) is 8.21. The van der Waals surface area contributed by atoms with Gasteiger partial charge in [0.1, 0.15) is 0 Å². The Morgan fingerprint density at radius 2 is 2.00 bits per heavy atom. The molecule has 0 aliphatic carbocycles.